The summed E-state index contributed by atoms with van der Waals surface area (Å²) >= 11 is 0. The molecule has 7 heteroatoms. The molecule has 5 aromatic heterocycles. The van der Waals surface area contributed by atoms with E-state index in [0.29, 0.717) is 11.6 Å². The minimum atomic E-state index is 0.621. The fourth-order valence-corrected chi connectivity index (χ4v) is 6.66. The maximum atomic E-state index is 6.02. The summed E-state index contributed by atoms with van der Waals surface area (Å²) in [6.07, 6.45) is 12.1. The van der Waals surface area contributed by atoms with Gasteiger partial charge < -0.3 is 4.42 Å². The average Bonchev–Trinajstić information content (AvgIpc) is 3.65. The molecule has 1 aliphatic rings. The first kappa shape index (κ1) is 23.5. The fourth-order valence-electron chi connectivity index (χ4n) is 6.66. The highest BCUT2D eigenvalue weighted by Gasteiger charge is 2.20. The third kappa shape index (κ3) is 3.32. The van der Waals surface area contributed by atoms with E-state index in [-0.39, 0.29) is 0 Å². The molecule has 0 saturated carbocycles. The number of hydrogen-bond donors (Lipinski definition) is 0. The zero-order chi connectivity index (χ0) is 28.8. The van der Waals surface area contributed by atoms with Gasteiger partial charge in [0.05, 0.1) is 0 Å². The van der Waals surface area contributed by atoms with Crippen LogP contribution in [0.15, 0.2) is 114 Å². The molecule has 0 saturated heterocycles. The highest BCUT2D eigenvalue weighted by molar-refractivity contribution is 6.23. The van der Waals surface area contributed by atoms with Gasteiger partial charge in [0.25, 0.3) is 0 Å². The Balaban J connectivity index is 1.20. The number of furan rings is 1. The number of hydrogen-bond acceptors (Lipinski definition) is 7. The molecule has 0 bridgehead atoms. The van der Waals surface area contributed by atoms with E-state index in [9.17, 15) is 0 Å². The van der Waals surface area contributed by atoms with E-state index >= 15 is 0 Å². The van der Waals surface area contributed by atoms with Gasteiger partial charge in [0.15, 0.2) is 11.6 Å². The van der Waals surface area contributed by atoms with Crippen LogP contribution < -0.4 is 0 Å². The second kappa shape index (κ2) is 8.72. The molecule has 0 unspecified atom stereocenters. The van der Waals surface area contributed by atoms with Gasteiger partial charge in [0, 0.05) is 75.4 Å². The highest BCUT2D eigenvalue weighted by Crippen LogP contribution is 2.39. The van der Waals surface area contributed by atoms with Crippen molar-refractivity contribution >= 4 is 54.5 Å². The number of rotatable bonds is 2. The SMILES string of the molecule is c1ccc2c(c1)c1cnc(-c3ccc4c(c3)-c3cnccc3C4)nc1c1nc(-c3ccc4oc5ccncc5c4c3)ncc21. The Morgan fingerprint density at radius 2 is 1.16 bits per heavy atom. The van der Waals surface area contributed by atoms with Gasteiger partial charge in [-0.2, -0.15) is 0 Å². The van der Waals surface area contributed by atoms with Gasteiger partial charge in [-0.05, 0) is 70.3 Å². The van der Waals surface area contributed by atoms with Crippen molar-refractivity contribution in [2.75, 3.05) is 0 Å². The summed E-state index contributed by atoms with van der Waals surface area (Å²) in [5.41, 5.74) is 10.0. The number of aromatic nitrogens is 6. The molecule has 10 rings (SSSR count). The van der Waals surface area contributed by atoms with Crippen molar-refractivity contribution in [3.8, 4) is 33.9 Å². The van der Waals surface area contributed by atoms with Crippen LogP contribution in [0.2, 0.25) is 0 Å². The Hall–Kier alpha value is -6.08. The van der Waals surface area contributed by atoms with Crippen molar-refractivity contribution in [2.45, 2.75) is 6.42 Å². The Labute approximate surface area is 249 Å². The first-order valence-corrected chi connectivity index (χ1v) is 14.5. The molecule has 0 radical (unpaired) electrons. The summed E-state index contributed by atoms with van der Waals surface area (Å²) < 4.78 is 6.02. The lowest BCUT2D eigenvalue weighted by Gasteiger charge is -2.11. The molecule has 0 amide bonds. The summed E-state index contributed by atoms with van der Waals surface area (Å²) in [5, 5.41) is 6.00. The van der Waals surface area contributed by atoms with Gasteiger partial charge in [-0.25, -0.2) is 19.9 Å². The van der Waals surface area contributed by atoms with Crippen LogP contribution >= 0.6 is 0 Å². The van der Waals surface area contributed by atoms with Crippen molar-refractivity contribution in [1.29, 1.82) is 0 Å². The van der Waals surface area contributed by atoms with Crippen LogP contribution in [0.1, 0.15) is 11.1 Å². The summed E-state index contributed by atoms with van der Waals surface area (Å²) in [6.45, 7) is 0. The molecule has 4 aromatic carbocycles. The monoisotopic (exact) mass is 564 g/mol. The van der Waals surface area contributed by atoms with Crippen LogP contribution in [-0.4, -0.2) is 29.9 Å². The molecule has 1 aliphatic carbocycles. The Morgan fingerprint density at radius 1 is 0.500 bits per heavy atom. The predicted octanol–water partition coefficient (Wildman–Crippen LogP) is 8.32. The molecule has 0 spiro atoms. The van der Waals surface area contributed by atoms with Crippen LogP contribution in [-0.2, 0) is 6.42 Å². The Morgan fingerprint density at radius 3 is 1.95 bits per heavy atom. The minimum absolute atomic E-state index is 0.621. The van der Waals surface area contributed by atoms with Crippen molar-refractivity contribution in [2.24, 2.45) is 0 Å². The average molecular weight is 565 g/mol. The fraction of sp³-hybridized carbons (Fsp3) is 0.0270. The first-order valence-electron chi connectivity index (χ1n) is 14.5. The molecule has 0 N–H and O–H groups in total. The molecule has 204 valence electrons. The zero-order valence-corrected chi connectivity index (χ0v) is 23.2. The van der Waals surface area contributed by atoms with Crippen molar-refractivity contribution < 1.29 is 4.42 Å². The highest BCUT2D eigenvalue weighted by atomic mass is 16.3. The van der Waals surface area contributed by atoms with E-state index in [4.69, 9.17) is 24.4 Å². The molecule has 7 nitrogen and oxygen atoms in total. The smallest absolute Gasteiger partial charge is 0.159 e. The van der Waals surface area contributed by atoms with Crippen LogP contribution in [0.4, 0.5) is 0 Å². The molecule has 5 heterocycles. The number of fused-ring (bicyclic) bond motifs is 12. The van der Waals surface area contributed by atoms with Crippen LogP contribution in [0.25, 0.3) is 88.4 Å². The molecule has 0 atom stereocenters. The van der Waals surface area contributed by atoms with Crippen molar-refractivity contribution in [3.05, 3.63) is 121 Å². The molecule has 44 heavy (non-hydrogen) atoms. The summed E-state index contributed by atoms with van der Waals surface area (Å²) in [5.74, 6) is 1.28. The molecular weight excluding hydrogens is 544 g/mol. The third-order valence-electron chi connectivity index (χ3n) is 8.79. The second-order valence-electron chi connectivity index (χ2n) is 11.2. The Kier molecular flexibility index (Phi) is 4.65. The van der Waals surface area contributed by atoms with Crippen LogP contribution in [0, 0.1) is 0 Å². The standard InChI is InChI=1S/C37H20N6O/c1-2-4-25-24(3-1)30-18-40-36(22-6-5-20-13-21-9-11-38-16-28(21)26(20)14-22)42-34(30)35-31(25)19-41-37(43-35)23-7-8-32-27(15-23)29-17-39-12-10-33(29)44-32/h1-12,14-19H,13H2. The normalized spacial score (nSPS) is 12.5. The van der Waals surface area contributed by atoms with Gasteiger partial charge in [0.1, 0.15) is 22.2 Å². The quantitative estimate of drug-likeness (QED) is 0.195. The lowest BCUT2D eigenvalue weighted by Crippen LogP contribution is -1.97. The van der Waals surface area contributed by atoms with E-state index in [2.05, 4.69) is 52.4 Å². The molecule has 0 fully saturated rings. The van der Waals surface area contributed by atoms with Gasteiger partial charge >= 0.3 is 0 Å². The van der Waals surface area contributed by atoms with E-state index < -0.39 is 0 Å². The number of benzene rings is 4. The maximum Gasteiger partial charge on any atom is 0.159 e. The van der Waals surface area contributed by atoms with Crippen LogP contribution in [0.5, 0.6) is 0 Å². The maximum absolute atomic E-state index is 6.02. The van der Waals surface area contributed by atoms with E-state index in [1.807, 2.05) is 61.3 Å². The van der Waals surface area contributed by atoms with Gasteiger partial charge in [-0.3, -0.25) is 9.97 Å². The van der Waals surface area contributed by atoms with Gasteiger partial charge in [0.2, 0.25) is 0 Å². The molecular formula is C37H20N6O. The predicted molar refractivity (Wildman–Crippen MR) is 172 cm³/mol. The van der Waals surface area contributed by atoms with E-state index in [0.717, 1.165) is 72.1 Å². The van der Waals surface area contributed by atoms with E-state index in [1.54, 1.807) is 6.20 Å². The molecule has 0 aliphatic heterocycles. The largest absolute Gasteiger partial charge is 0.456 e. The van der Waals surface area contributed by atoms with E-state index in [1.165, 1.54) is 22.3 Å². The summed E-state index contributed by atoms with van der Waals surface area (Å²) in [4.78, 5) is 28.7. The van der Waals surface area contributed by atoms with Gasteiger partial charge in [-0.1, -0.05) is 36.4 Å². The summed E-state index contributed by atoms with van der Waals surface area (Å²) in [7, 11) is 0. The lowest BCUT2D eigenvalue weighted by molar-refractivity contribution is 0.668. The second-order valence-corrected chi connectivity index (χ2v) is 11.2. The topological polar surface area (TPSA) is 90.5 Å². The molecule has 9 aromatic rings. The first-order chi connectivity index (χ1) is 21.8. The minimum Gasteiger partial charge on any atom is -0.456 e. The number of nitrogens with zero attached hydrogens (tertiary/aromatic N) is 6. The van der Waals surface area contributed by atoms with Crippen LogP contribution in [0.3, 0.4) is 0 Å². The van der Waals surface area contributed by atoms with Gasteiger partial charge in [-0.15, -0.1) is 0 Å². The van der Waals surface area contributed by atoms with Crippen molar-refractivity contribution in [1.82, 2.24) is 29.9 Å². The Bertz CT molecular complexity index is 2660. The zero-order valence-electron chi connectivity index (χ0n) is 23.2. The van der Waals surface area contributed by atoms with Crippen molar-refractivity contribution in [3.63, 3.8) is 0 Å². The lowest BCUT2D eigenvalue weighted by atomic mass is 10.0. The number of pyridine rings is 2. The summed E-state index contributed by atoms with van der Waals surface area (Å²) in [6, 6.07) is 24.8. The third-order valence-corrected chi connectivity index (χ3v) is 8.79.